The minimum absolute atomic E-state index is 0.172. The Morgan fingerprint density at radius 1 is 1.06 bits per heavy atom. The summed E-state index contributed by atoms with van der Waals surface area (Å²) in [7, 11) is 0. The van der Waals surface area contributed by atoms with E-state index >= 15 is 4.39 Å². The van der Waals surface area contributed by atoms with E-state index in [2.05, 4.69) is 45.8 Å². The van der Waals surface area contributed by atoms with Crippen molar-refractivity contribution >= 4 is 11.6 Å². The summed E-state index contributed by atoms with van der Waals surface area (Å²) in [5.41, 5.74) is 5.50. The van der Waals surface area contributed by atoms with E-state index in [0.29, 0.717) is 46.9 Å². The summed E-state index contributed by atoms with van der Waals surface area (Å²) < 4.78 is 15.2. The molecule has 1 N–H and O–H groups in total. The quantitative estimate of drug-likeness (QED) is 0.417. The molecular formula is C27H35ClFN5. The Balaban J connectivity index is 1.47. The molecule has 0 aliphatic heterocycles. The van der Waals surface area contributed by atoms with Gasteiger partial charge in [-0.1, -0.05) is 31.5 Å². The summed E-state index contributed by atoms with van der Waals surface area (Å²) >= 11 is 6.33. The summed E-state index contributed by atoms with van der Waals surface area (Å²) in [5.74, 6) is 0.831. The zero-order chi connectivity index (χ0) is 24.2. The van der Waals surface area contributed by atoms with Crippen LogP contribution in [0.25, 0.3) is 0 Å². The molecule has 0 spiro atoms. The molecular weight excluding hydrogens is 449 g/mol. The van der Waals surface area contributed by atoms with E-state index in [9.17, 15) is 0 Å². The molecule has 2 heterocycles. The van der Waals surface area contributed by atoms with Crippen molar-refractivity contribution < 1.29 is 4.39 Å². The maximum absolute atomic E-state index is 15.2. The van der Waals surface area contributed by atoms with Gasteiger partial charge < -0.3 is 4.90 Å². The van der Waals surface area contributed by atoms with Crippen molar-refractivity contribution in [2.24, 2.45) is 0 Å². The first-order valence-corrected chi connectivity index (χ1v) is 12.8. The minimum Gasteiger partial charge on any atom is -0.301 e. The van der Waals surface area contributed by atoms with E-state index in [-0.39, 0.29) is 5.82 Å². The van der Waals surface area contributed by atoms with Crippen LogP contribution in [0.5, 0.6) is 0 Å². The Morgan fingerprint density at radius 3 is 2.44 bits per heavy atom. The first kappa shape index (κ1) is 24.8. The van der Waals surface area contributed by atoms with Crippen molar-refractivity contribution in [2.75, 3.05) is 13.1 Å². The number of aromatic amines is 1. The zero-order valence-electron chi connectivity index (χ0n) is 20.7. The maximum Gasteiger partial charge on any atom is 0.133 e. The largest absolute Gasteiger partial charge is 0.301 e. The van der Waals surface area contributed by atoms with Crippen LogP contribution in [0.1, 0.15) is 85.0 Å². The Labute approximate surface area is 207 Å². The fraction of sp³-hybridized carbons (Fsp3) is 0.519. The second-order valence-corrected chi connectivity index (χ2v) is 9.91. The van der Waals surface area contributed by atoms with Crippen LogP contribution < -0.4 is 0 Å². The molecule has 4 rings (SSSR count). The number of benzene rings is 1. The molecule has 0 unspecified atom stereocenters. The van der Waals surface area contributed by atoms with Crippen molar-refractivity contribution in [3.8, 4) is 0 Å². The predicted molar refractivity (Wildman–Crippen MR) is 135 cm³/mol. The molecule has 0 atom stereocenters. The van der Waals surface area contributed by atoms with Crippen LogP contribution in [0.3, 0.4) is 0 Å². The Kier molecular flexibility index (Phi) is 7.99. The first-order valence-electron chi connectivity index (χ1n) is 12.4. The fourth-order valence-corrected chi connectivity index (χ4v) is 5.54. The number of H-pyrrole nitrogens is 1. The van der Waals surface area contributed by atoms with E-state index in [1.165, 1.54) is 12.8 Å². The Hall–Kier alpha value is -2.31. The van der Waals surface area contributed by atoms with Gasteiger partial charge in [0.2, 0.25) is 0 Å². The van der Waals surface area contributed by atoms with Gasteiger partial charge in [-0.2, -0.15) is 5.10 Å². The third-order valence-electron chi connectivity index (χ3n) is 7.22. The molecule has 7 heteroatoms. The minimum atomic E-state index is -0.172. The van der Waals surface area contributed by atoms with Crippen LogP contribution >= 0.6 is 11.6 Å². The van der Waals surface area contributed by atoms with E-state index in [1.807, 2.05) is 19.1 Å². The number of hydrogen-bond donors (Lipinski definition) is 1. The van der Waals surface area contributed by atoms with E-state index < -0.39 is 0 Å². The highest BCUT2D eigenvalue weighted by atomic mass is 35.5. The number of aromatic nitrogens is 4. The molecule has 1 aliphatic carbocycles. The third-order valence-corrected chi connectivity index (χ3v) is 7.54. The number of halogens is 2. The maximum atomic E-state index is 15.2. The summed E-state index contributed by atoms with van der Waals surface area (Å²) in [6.07, 6.45) is 7.07. The third kappa shape index (κ3) is 5.66. The topological polar surface area (TPSA) is 57.7 Å². The lowest BCUT2D eigenvalue weighted by Gasteiger charge is -2.36. The second-order valence-electron chi connectivity index (χ2n) is 9.50. The molecule has 1 aromatic carbocycles. The normalized spacial score (nSPS) is 18.6. The molecule has 0 bridgehead atoms. The molecule has 1 aliphatic rings. The first-order chi connectivity index (χ1) is 16.4. The predicted octanol–water partition coefficient (Wildman–Crippen LogP) is 6.16. The fourth-order valence-electron chi connectivity index (χ4n) is 5.38. The zero-order valence-corrected chi connectivity index (χ0v) is 21.4. The van der Waals surface area contributed by atoms with Gasteiger partial charge in [-0.15, -0.1) is 0 Å². The second kappa shape index (κ2) is 11.0. The molecule has 2 aromatic heterocycles. The molecule has 1 fully saturated rings. The Morgan fingerprint density at radius 2 is 1.79 bits per heavy atom. The average Bonchev–Trinajstić information content (AvgIpc) is 3.24. The van der Waals surface area contributed by atoms with Gasteiger partial charge in [0.1, 0.15) is 11.6 Å². The lowest BCUT2D eigenvalue weighted by atomic mass is 9.79. The number of rotatable bonds is 8. The number of nitrogens with zero attached hydrogens (tertiary/aromatic N) is 4. The van der Waals surface area contributed by atoms with Gasteiger partial charge in [0.05, 0.1) is 16.4 Å². The van der Waals surface area contributed by atoms with Crippen molar-refractivity contribution in [1.29, 1.82) is 0 Å². The highest BCUT2D eigenvalue weighted by Gasteiger charge is 2.27. The van der Waals surface area contributed by atoms with Gasteiger partial charge in [-0.05, 0) is 87.4 Å². The van der Waals surface area contributed by atoms with Crippen molar-refractivity contribution in [2.45, 2.75) is 78.2 Å². The van der Waals surface area contributed by atoms with Crippen LogP contribution in [-0.4, -0.2) is 44.2 Å². The standard InChI is InChI=1S/C27H35ClFN5/c1-5-34(6-2)22-9-7-19(8-10-22)23-15-25(29)20(11-17(23)3)13-27-30-16-24(28)26(31-27)14-21-12-18(4)32-33-21/h11-12,15-16,19,22H,5-10,13-14H2,1-4H3,(H,32,33). The van der Waals surface area contributed by atoms with Crippen LogP contribution in [-0.2, 0) is 12.8 Å². The number of hydrogen-bond acceptors (Lipinski definition) is 4. The van der Waals surface area contributed by atoms with Crippen molar-refractivity contribution in [3.63, 3.8) is 0 Å². The molecule has 0 saturated heterocycles. The summed E-state index contributed by atoms with van der Waals surface area (Å²) in [5, 5.41) is 7.69. The van der Waals surface area contributed by atoms with Gasteiger partial charge in [0.15, 0.2) is 0 Å². The van der Waals surface area contributed by atoms with Gasteiger partial charge in [0.25, 0.3) is 0 Å². The van der Waals surface area contributed by atoms with Gasteiger partial charge in [-0.3, -0.25) is 5.10 Å². The van der Waals surface area contributed by atoms with Gasteiger partial charge >= 0.3 is 0 Å². The molecule has 34 heavy (non-hydrogen) atoms. The van der Waals surface area contributed by atoms with Crippen LogP contribution in [0.4, 0.5) is 4.39 Å². The van der Waals surface area contributed by atoms with Crippen LogP contribution in [0.15, 0.2) is 24.4 Å². The molecule has 3 aromatic rings. The Bertz CT molecular complexity index is 1120. The van der Waals surface area contributed by atoms with Gasteiger partial charge in [-0.25, -0.2) is 14.4 Å². The SMILES string of the molecule is CCN(CC)C1CCC(c2cc(F)c(Cc3ncc(Cl)c(Cc4cc(C)[nH]n4)n3)cc2C)CC1. The average molecular weight is 484 g/mol. The van der Waals surface area contributed by atoms with Crippen LogP contribution in [0.2, 0.25) is 5.02 Å². The van der Waals surface area contributed by atoms with Crippen molar-refractivity contribution in [1.82, 2.24) is 25.1 Å². The summed E-state index contributed by atoms with van der Waals surface area (Å²) in [4.78, 5) is 11.5. The highest BCUT2D eigenvalue weighted by molar-refractivity contribution is 6.31. The summed E-state index contributed by atoms with van der Waals surface area (Å²) in [6.45, 7) is 10.7. The van der Waals surface area contributed by atoms with E-state index in [0.717, 1.165) is 48.4 Å². The van der Waals surface area contributed by atoms with Crippen molar-refractivity contribution in [3.05, 3.63) is 74.8 Å². The van der Waals surface area contributed by atoms with Gasteiger partial charge in [0, 0.05) is 30.8 Å². The van der Waals surface area contributed by atoms with E-state index in [1.54, 1.807) is 12.3 Å². The van der Waals surface area contributed by atoms with E-state index in [4.69, 9.17) is 11.6 Å². The molecule has 5 nitrogen and oxygen atoms in total. The smallest absolute Gasteiger partial charge is 0.133 e. The molecule has 0 amide bonds. The lowest BCUT2D eigenvalue weighted by Crippen LogP contribution is -2.37. The highest BCUT2D eigenvalue weighted by Crippen LogP contribution is 2.37. The van der Waals surface area contributed by atoms with Crippen LogP contribution in [0, 0.1) is 19.7 Å². The summed E-state index contributed by atoms with van der Waals surface area (Å²) in [6, 6.07) is 6.37. The molecule has 0 radical (unpaired) electrons. The molecule has 182 valence electrons. The lowest BCUT2D eigenvalue weighted by molar-refractivity contribution is 0.163. The number of nitrogens with one attached hydrogen (secondary N) is 1. The monoisotopic (exact) mass is 483 g/mol. The molecule has 1 saturated carbocycles. The number of aryl methyl sites for hydroxylation is 2.